The van der Waals surface area contributed by atoms with Gasteiger partial charge >= 0.3 is 0 Å². The molecule has 0 bridgehead atoms. The minimum atomic E-state index is -3.12. The van der Waals surface area contributed by atoms with Gasteiger partial charge in [-0.2, -0.15) is 0 Å². The van der Waals surface area contributed by atoms with Crippen molar-refractivity contribution in [3.05, 3.63) is 30.1 Å². The van der Waals surface area contributed by atoms with Gasteiger partial charge in [-0.1, -0.05) is 0 Å². The molecule has 2 N–H and O–H groups in total. The van der Waals surface area contributed by atoms with Gasteiger partial charge in [0.05, 0.1) is 12.3 Å². The molecule has 0 radical (unpaired) electrons. The molecule has 7 nitrogen and oxygen atoms in total. The lowest BCUT2D eigenvalue weighted by atomic mass is 10.1. The van der Waals surface area contributed by atoms with Crippen molar-refractivity contribution < 1.29 is 17.5 Å². The number of guanidine groups is 1. The fraction of sp³-hybridized carbons (Fsp3) is 0.632. The Bertz CT molecular complexity index is 732. The minimum Gasteiger partial charge on any atom is -0.489 e. The molecule has 1 saturated heterocycles. The summed E-state index contributed by atoms with van der Waals surface area (Å²) in [5.41, 5.74) is 0. The van der Waals surface area contributed by atoms with Gasteiger partial charge in [-0.15, -0.1) is 0 Å². The van der Waals surface area contributed by atoms with Crippen molar-refractivity contribution >= 4 is 16.0 Å². The van der Waals surface area contributed by atoms with Crippen LogP contribution in [-0.2, 0) is 10.0 Å². The van der Waals surface area contributed by atoms with E-state index in [1.807, 2.05) is 13.8 Å². The molecule has 9 heteroatoms. The number of nitrogens with zero attached hydrogens (tertiary/aromatic N) is 2. The van der Waals surface area contributed by atoms with E-state index in [0.29, 0.717) is 31.3 Å². The monoisotopic (exact) mass is 414 g/mol. The molecule has 1 aromatic carbocycles. The average molecular weight is 415 g/mol. The Hall–Kier alpha value is -1.87. The number of sulfonamides is 1. The highest BCUT2D eigenvalue weighted by atomic mass is 32.2. The van der Waals surface area contributed by atoms with Crippen molar-refractivity contribution in [2.45, 2.75) is 45.8 Å². The van der Waals surface area contributed by atoms with Crippen molar-refractivity contribution in [3.63, 3.8) is 0 Å². The Balaban J connectivity index is 1.85. The molecule has 1 aliphatic rings. The number of halogens is 1. The Kier molecular flexibility index (Phi) is 8.50. The lowest BCUT2D eigenvalue weighted by Crippen LogP contribution is -2.50. The molecule has 1 atom stereocenters. The molecule has 158 valence electrons. The summed E-state index contributed by atoms with van der Waals surface area (Å²) < 4.78 is 44.2. The molecule has 0 aromatic heterocycles. The molecule has 1 fully saturated rings. The van der Waals surface area contributed by atoms with Crippen LogP contribution >= 0.6 is 0 Å². The van der Waals surface area contributed by atoms with Crippen LogP contribution in [0.1, 0.15) is 33.6 Å². The lowest BCUT2D eigenvalue weighted by molar-refractivity contribution is 0.229. The van der Waals surface area contributed by atoms with Gasteiger partial charge in [-0.3, -0.25) is 0 Å². The van der Waals surface area contributed by atoms with E-state index in [4.69, 9.17) is 4.74 Å². The summed E-state index contributed by atoms with van der Waals surface area (Å²) in [6.45, 7) is 7.79. The highest BCUT2D eigenvalue weighted by molar-refractivity contribution is 7.89. The summed E-state index contributed by atoms with van der Waals surface area (Å²) in [6.07, 6.45) is 1.31. The SMILES string of the molecule is CCNC(=NCC(C)Oc1ccc(F)cc1)NC1CCN(S(=O)(=O)CC)CC1. The van der Waals surface area contributed by atoms with Crippen LogP contribution in [0, 0.1) is 5.82 Å². The fourth-order valence-corrected chi connectivity index (χ4v) is 4.11. The molecule has 0 aliphatic carbocycles. The van der Waals surface area contributed by atoms with Crippen LogP contribution in [0.3, 0.4) is 0 Å². The first-order valence-electron chi connectivity index (χ1n) is 9.79. The Morgan fingerprint density at radius 2 is 1.93 bits per heavy atom. The zero-order valence-corrected chi connectivity index (χ0v) is 17.6. The number of piperidine rings is 1. The summed E-state index contributed by atoms with van der Waals surface area (Å²) in [5, 5.41) is 6.60. The van der Waals surface area contributed by atoms with Crippen LogP contribution in [-0.4, -0.2) is 62.8 Å². The second-order valence-corrected chi connectivity index (χ2v) is 9.08. The van der Waals surface area contributed by atoms with Crippen LogP contribution in [0.4, 0.5) is 4.39 Å². The maximum Gasteiger partial charge on any atom is 0.213 e. The van der Waals surface area contributed by atoms with Crippen molar-refractivity contribution in [1.82, 2.24) is 14.9 Å². The van der Waals surface area contributed by atoms with Gasteiger partial charge < -0.3 is 15.4 Å². The van der Waals surface area contributed by atoms with Gasteiger partial charge in [0.2, 0.25) is 10.0 Å². The van der Waals surface area contributed by atoms with E-state index in [9.17, 15) is 12.8 Å². The number of aliphatic imine (C=N–C) groups is 1. The highest BCUT2D eigenvalue weighted by Crippen LogP contribution is 2.15. The van der Waals surface area contributed by atoms with E-state index >= 15 is 0 Å². The predicted molar refractivity (Wildman–Crippen MR) is 110 cm³/mol. The molecule has 1 aromatic rings. The molecule has 0 spiro atoms. The largest absolute Gasteiger partial charge is 0.489 e. The van der Waals surface area contributed by atoms with E-state index in [-0.39, 0.29) is 23.7 Å². The van der Waals surface area contributed by atoms with Crippen molar-refractivity contribution in [2.24, 2.45) is 4.99 Å². The Morgan fingerprint density at radius 1 is 1.29 bits per heavy atom. The van der Waals surface area contributed by atoms with Crippen LogP contribution in [0.5, 0.6) is 5.75 Å². The number of hydrogen-bond acceptors (Lipinski definition) is 4. The first-order chi connectivity index (χ1) is 13.3. The third kappa shape index (κ3) is 6.94. The van der Waals surface area contributed by atoms with E-state index in [2.05, 4.69) is 15.6 Å². The summed E-state index contributed by atoms with van der Waals surface area (Å²) >= 11 is 0. The fourth-order valence-electron chi connectivity index (χ4n) is 2.98. The zero-order chi connectivity index (χ0) is 20.6. The maximum atomic E-state index is 13.0. The third-order valence-corrected chi connectivity index (χ3v) is 6.44. The topological polar surface area (TPSA) is 83.0 Å². The predicted octanol–water partition coefficient (Wildman–Crippen LogP) is 1.96. The second kappa shape index (κ2) is 10.6. The normalized spacial score (nSPS) is 17.9. The Morgan fingerprint density at radius 3 is 2.50 bits per heavy atom. The van der Waals surface area contributed by atoms with E-state index in [1.54, 1.807) is 23.4 Å². The second-order valence-electron chi connectivity index (χ2n) is 6.82. The summed E-state index contributed by atoms with van der Waals surface area (Å²) in [7, 11) is -3.12. The van der Waals surface area contributed by atoms with Gasteiger partial charge in [0, 0.05) is 25.7 Å². The molecule has 1 unspecified atom stereocenters. The molecular formula is C19H31FN4O3S. The van der Waals surface area contributed by atoms with Gasteiger partial charge in [0.15, 0.2) is 5.96 Å². The van der Waals surface area contributed by atoms with Gasteiger partial charge in [0.25, 0.3) is 0 Å². The molecule has 0 amide bonds. The molecule has 28 heavy (non-hydrogen) atoms. The standard InChI is InChI=1S/C19H31FN4O3S/c1-4-21-19(22-14-15(3)27-18-8-6-16(20)7-9-18)23-17-10-12-24(13-11-17)28(25,26)5-2/h6-9,15,17H,4-5,10-14H2,1-3H3,(H2,21,22,23). The Labute approximate surface area is 167 Å². The van der Waals surface area contributed by atoms with Gasteiger partial charge in [-0.25, -0.2) is 22.1 Å². The van der Waals surface area contributed by atoms with Crippen LogP contribution < -0.4 is 15.4 Å². The molecule has 0 saturated carbocycles. The van der Waals surface area contributed by atoms with Crippen molar-refractivity contribution in [2.75, 3.05) is 31.9 Å². The van der Waals surface area contributed by atoms with Gasteiger partial charge in [-0.05, 0) is 57.9 Å². The number of nitrogens with one attached hydrogen (secondary N) is 2. The van der Waals surface area contributed by atoms with E-state index in [0.717, 1.165) is 19.4 Å². The van der Waals surface area contributed by atoms with Crippen molar-refractivity contribution in [3.8, 4) is 5.75 Å². The summed E-state index contributed by atoms with van der Waals surface area (Å²) in [4.78, 5) is 4.57. The first-order valence-corrected chi connectivity index (χ1v) is 11.4. The van der Waals surface area contributed by atoms with Crippen molar-refractivity contribution in [1.29, 1.82) is 0 Å². The van der Waals surface area contributed by atoms with E-state index in [1.165, 1.54) is 12.1 Å². The quantitative estimate of drug-likeness (QED) is 0.502. The highest BCUT2D eigenvalue weighted by Gasteiger charge is 2.27. The molecule has 1 heterocycles. The molecule has 2 rings (SSSR count). The van der Waals surface area contributed by atoms with Crippen LogP contribution in [0.15, 0.2) is 29.3 Å². The maximum absolute atomic E-state index is 13.0. The zero-order valence-electron chi connectivity index (χ0n) is 16.8. The minimum absolute atomic E-state index is 0.140. The number of ether oxygens (including phenoxy) is 1. The number of hydrogen-bond donors (Lipinski definition) is 2. The van der Waals surface area contributed by atoms with Crippen LogP contribution in [0.25, 0.3) is 0 Å². The lowest BCUT2D eigenvalue weighted by Gasteiger charge is -2.32. The van der Waals surface area contributed by atoms with E-state index < -0.39 is 10.0 Å². The van der Waals surface area contributed by atoms with Gasteiger partial charge in [0.1, 0.15) is 17.7 Å². The summed E-state index contributed by atoms with van der Waals surface area (Å²) in [5.74, 6) is 1.14. The first kappa shape index (κ1) is 22.4. The molecule has 1 aliphatic heterocycles. The van der Waals surface area contributed by atoms with Crippen LogP contribution in [0.2, 0.25) is 0 Å². The summed E-state index contributed by atoms with van der Waals surface area (Å²) in [6, 6.07) is 6.09. The smallest absolute Gasteiger partial charge is 0.213 e. The number of rotatable bonds is 8. The average Bonchev–Trinajstić information content (AvgIpc) is 2.68. The third-order valence-electron chi connectivity index (χ3n) is 4.55. The number of benzene rings is 1. The molecular weight excluding hydrogens is 383 g/mol.